The van der Waals surface area contributed by atoms with Gasteiger partial charge < -0.3 is 8.85 Å². The zero-order valence-corrected chi connectivity index (χ0v) is 39.6. The minimum absolute atomic E-state index is 0.264. The minimum atomic E-state index is -1.74. The lowest BCUT2D eigenvalue weighted by Crippen LogP contribution is -2.43. The summed E-state index contributed by atoms with van der Waals surface area (Å²) in [6, 6.07) is 0. The number of ketones is 1. The number of unbranched alkanes of at least 4 members (excludes halogenated alkanes) is 16. The smallest absolute Gasteiger partial charge is 0.192 e. The Balaban J connectivity index is 4.04. The largest absolute Gasteiger partial charge is 0.414 e. The molecule has 5 heteroatoms. The minimum Gasteiger partial charge on any atom is -0.414 e. The average Bonchev–Trinajstić information content (AvgIpc) is 3.05. The Kier molecular flexibility index (Phi) is 29.5. The van der Waals surface area contributed by atoms with Crippen LogP contribution in [0.1, 0.15) is 222 Å². The van der Waals surface area contributed by atoms with Crippen LogP contribution in [0.15, 0.2) is 24.3 Å². The second-order valence-corrected chi connectivity index (χ2v) is 28.8. The predicted octanol–water partition coefficient (Wildman–Crippen LogP) is 16.6. The zero-order valence-electron chi connectivity index (χ0n) is 37.6. The topological polar surface area (TPSA) is 35.5 Å². The maximum atomic E-state index is 12.4. The van der Waals surface area contributed by atoms with Crippen LogP contribution in [-0.2, 0) is 13.6 Å². The highest BCUT2D eigenvalue weighted by molar-refractivity contribution is 6.74. The van der Waals surface area contributed by atoms with Gasteiger partial charge in [0.2, 0.25) is 0 Å². The Labute approximate surface area is 330 Å². The molecule has 0 aliphatic rings. The molecule has 0 spiro atoms. The summed E-state index contributed by atoms with van der Waals surface area (Å²) in [6.07, 6.45) is 41.4. The van der Waals surface area contributed by atoms with Crippen LogP contribution in [0, 0.1) is 0 Å². The van der Waals surface area contributed by atoms with E-state index in [0.29, 0.717) is 18.0 Å². The van der Waals surface area contributed by atoms with Gasteiger partial charge >= 0.3 is 0 Å². The van der Waals surface area contributed by atoms with E-state index in [0.717, 1.165) is 38.5 Å². The number of carbonyl (C=O) groups excluding carboxylic acids is 1. The third kappa shape index (κ3) is 27.1. The van der Waals surface area contributed by atoms with Crippen molar-refractivity contribution in [2.45, 2.75) is 271 Å². The number of allylic oxidation sites excluding steroid dienone is 2. The third-order valence-corrected chi connectivity index (χ3v) is 21.1. The van der Waals surface area contributed by atoms with E-state index in [9.17, 15) is 4.79 Å². The second-order valence-electron chi connectivity index (χ2n) is 19.3. The van der Waals surface area contributed by atoms with E-state index in [1.807, 2.05) is 0 Å². The quantitative estimate of drug-likeness (QED) is 0.0372. The van der Waals surface area contributed by atoms with Crippen LogP contribution in [0.2, 0.25) is 36.3 Å². The van der Waals surface area contributed by atoms with Gasteiger partial charge in [-0.15, -0.1) is 0 Å². The highest BCUT2D eigenvalue weighted by atomic mass is 28.4. The van der Waals surface area contributed by atoms with Crippen molar-refractivity contribution in [1.29, 1.82) is 0 Å². The van der Waals surface area contributed by atoms with E-state index in [4.69, 9.17) is 8.85 Å². The summed E-state index contributed by atoms with van der Waals surface area (Å²) >= 11 is 0. The number of hydrogen-bond donors (Lipinski definition) is 0. The number of rotatable bonds is 34. The van der Waals surface area contributed by atoms with Crippen LogP contribution in [0.5, 0.6) is 0 Å². The molecule has 0 aromatic heterocycles. The molecule has 3 nitrogen and oxygen atoms in total. The zero-order chi connectivity index (χ0) is 39.4. The Hall–Kier alpha value is -0.496. The van der Waals surface area contributed by atoms with Crippen molar-refractivity contribution in [3.8, 4) is 0 Å². The predicted molar refractivity (Wildman–Crippen MR) is 239 cm³/mol. The molecule has 0 aliphatic carbocycles. The third-order valence-electron chi connectivity index (χ3n) is 12.1. The summed E-state index contributed by atoms with van der Waals surface area (Å²) < 4.78 is 13.6. The second kappa shape index (κ2) is 29.7. The average molecular weight is 763 g/mol. The number of carbonyl (C=O) groups is 1. The van der Waals surface area contributed by atoms with E-state index in [1.54, 1.807) is 0 Å². The molecule has 0 saturated carbocycles. The van der Waals surface area contributed by atoms with Gasteiger partial charge in [-0.05, 0) is 100 Å². The van der Waals surface area contributed by atoms with E-state index >= 15 is 0 Å². The Morgan fingerprint density at radius 1 is 0.481 bits per heavy atom. The lowest BCUT2D eigenvalue weighted by molar-refractivity contribution is -0.119. The molecule has 0 aromatic carbocycles. The molecule has 0 radical (unpaired) electrons. The molecule has 2 atom stereocenters. The molecule has 0 fully saturated rings. The van der Waals surface area contributed by atoms with Gasteiger partial charge in [0.25, 0.3) is 0 Å². The Bertz CT molecular complexity index is 837. The summed E-state index contributed by atoms with van der Waals surface area (Å²) in [5, 5.41) is 0.529. The summed E-state index contributed by atoms with van der Waals surface area (Å²) in [5.41, 5.74) is 0. The first-order valence-electron chi connectivity index (χ1n) is 22.6. The van der Waals surface area contributed by atoms with Crippen LogP contribution in [-0.4, -0.2) is 34.6 Å². The fourth-order valence-electron chi connectivity index (χ4n) is 6.32. The van der Waals surface area contributed by atoms with Crippen molar-refractivity contribution in [1.82, 2.24) is 0 Å². The Morgan fingerprint density at radius 3 is 1.15 bits per heavy atom. The first kappa shape index (κ1) is 51.5. The normalized spacial score (nSPS) is 14.5. The lowest BCUT2D eigenvalue weighted by Gasteiger charge is -2.39. The maximum absolute atomic E-state index is 12.4. The molecular weight excluding hydrogens is 669 g/mol. The Morgan fingerprint density at radius 2 is 0.808 bits per heavy atom. The SMILES string of the molecule is CCCCCCC(CC=CCCCCCCCC(=O)CCCCCCCC=CCC(CCCCCC)O[Si](C)(C)C(C)(C)C)O[Si](C)(C)C(C)(C)C. The monoisotopic (exact) mass is 763 g/mol. The molecule has 2 unspecified atom stereocenters. The number of Topliss-reactive ketones (excluding diaryl/α,β-unsaturated/α-hetero) is 1. The molecule has 0 heterocycles. The van der Waals surface area contributed by atoms with Crippen molar-refractivity contribution in [2.75, 3.05) is 0 Å². The first-order chi connectivity index (χ1) is 24.5. The van der Waals surface area contributed by atoms with Crippen molar-refractivity contribution in [2.24, 2.45) is 0 Å². The van der Waals surface area contributed by atoms with Gasteiger partial charge in [0.15, 0.2) is 16.6 Å². The maximum Gasteiger partial charge on any atom is 0.192 e. The van der Waals surface area contributed by atoms with Gasteiger partial charge in [-0.3, -0.25) is 4.79 Å². The van der Waals surface area contributed by atoms with E-state index in [2.05, 4.69) is 106 Å². The molecule has 0 aliphatic heterocycles. The molecular formula is C47H94O3Si2. The van der Waals surface area contributed by atoms with Gasteiger partial charge in [0.1, 0.15) is 5.78 Å². The highest BCUT2D eigenvalue weighted by Crippen LogP contribution is 2.39. The molecule has 0 amide bonds. The lowest BCUT2D eigenvalue weighted by atomic mass is 10.0. The van der Waals surface area contributed by atoms with Crippen LogP contribution >= 0.6 is 0 Å². The van der Waals surface area contributed by atoms with Gasteiger partial charge in [-0.1, -0.05) is 170 Å². The fraction of sp³-hybridized carbons (Fsp3) is 0.894. The molecule has 52 heavy (non-hydrogen) atoms. The summed E-state index contributed by atoms with van der Waals surface area (Å²) in [4.78, 5) is 12.4. The molecule has 0 bridgehead atoms. The van der Waals surface area contributed by atoms with Crippen LogP contribution in [0.3, 0.4) is 0 Å². The van der Waals surface area contributed by atoms with Crippen molar-refractivity contribution in [3.63, 3.8) is 0 Å². The standard InChI is InChI=1S/C47H94O3Si2/c1-13-15-17-33-39-44(49-51(9,10)46(3,4)5)41-35-29-25-21-19-23-27-31-37-43(48)38-32-28-24-20-22-26-30-36-42-45(40-34-18-16-14-2)50-52(11,12)47(6,7)8/h29-30,35-36,44-45H,13-28,31-34,37-42H2,1-12H3. The summed E-state index contributed by atoms with van der Waals surface area (Å²) in [5.74, 6) is 0.485. The molecule has 0 saturated heterocycles. The molecule has 308 valence electrons. The number of hydrogen-bond acceptors (Lipinski definition) is 3. The van der Waals surface area contributed by atoms with Gasteiger partial charge in [-0.2, -0.15) is 0 Å². The van der Waals surface area contributed by atoms with Crippen LogP contribution in [0.4, 0.5) is 0 Å². The molecule has 0 rings (SSSR count). The van der Waals surface area contributed by atoms with E-state index in [1.165, 1.54) is 128 Å². The van der Waals surface area contributed by atoms with Crippen LogP contribution < -0.4 is 0 Å². The van der Waals surface area contributed by atoms with Gasteiger partial charge in [0.05, 0.1) is 0 Å². The van der Waals surface area contributed by atoms with Crippen molar-refractivity contribution < 1.29 is 13.6 Å². The van der Waals surface area contributed by atoms with Crippen LogP contribution in [0.25, 0.3) is 0 Å². The van der Waals surface area contributed by atoms with Gasteiger partial charge in [-0.25, -0.2) is 0 Å². The summed E-state index contributed by atoms with van der Waals surface area (Å²) in [7, 11) is -3.47. The molecule has 0 N–H and O–H groups in total. The van der Waals surface area contributed by atoms with Crippen molar-refractivity contribution in [3.05, 3.63) is 24.3 Å². The van der Waals surface area contributed by atoms with E-state index in [-0.39, 0.29) is 10.1 Å². The van der Waals surface area contributed by atoms with Crippen molar-refractivity contribution >= 4 is 22.4 Å². The van der Waals surface area contributed by atoms with E-state index < -0.39 is 16.6 Å². The molecule has 0 aromatic rings. The first-order valence-corrected chi connectivity index (χ1v) is 28.5. The fourth-order valence-corrected chi connectivity index (χ4v) is 9.12. The summed E-state index contributed by atoms with van der Waals surface area (Å²) in [6.45, 7) is 28.2. The highest BCUT2D eigenvalue weighted by Gasteiger charge is 2.39. The van der Waals surface area contributed by atoms with Gasteiger partial charge in [0, 0.05) is 25.0 Å².